The third-order valence-corrected chi connectivity index (χ3v) is 9.81. The van der Waals surface area contributed by atoms with Gasteiger partial charge >= 0.3 is 18.0 Å². The Morgan fingerprint density at radius 1 is 0.621 bits per heavy atom. The zero-order valence-corrected chi connectivity index (χ0v) is 34.7. The number of likely N-dealkylation sites (tertiary alicyclic amines) is 1. The number of urea groups is 1. The van der Waals surface area contributed by atoms with Gasteiger partial charge in [-0.2, -0.15) is 0 Å². The van der Waals surface area contributed by atoms with Crippen LogP contribution in [-0.4, -0.2) is 89.8 Å². The molecule has 0 saturated carbocycles. The summed E-state index contributed by atoms with van der Waals surface area (Å²) in [6, 6.07) is 12.0. The van der Waals surface area contributed by atoms with Crippen molar-refractivity contribution in [2.45, 2.75) is 130 Å². The van der Waals surface area contributed by atoms with Gasteiger partial charge in [0.25, 0.3) is 0 Å². The molecule has 0 radical (unpaired) electrons. The Labute approximate surface area is 342 Å². The molecule has 2 aromatic carbocycles. The van der Waals surface area contributed by atoms with E-state index in [1.165, 1.54) is 0 Å². The summed E-state index contributed by atoms with van der Waals surface area (Å²) in [5.41, 5.74) is 1.44. The number of ether oxygens (including phenoxy) is 2. The molecule has 58 heavy (non-hydrogen) atoms. The number of benzene rings is 2. The first-order valence-corrected chi connectivity index (χ1v) is 20.4. The fourth-order valence-corrected chi connectivity index (χ4v) is 6.37. The molecule has 1 aliphatic rings. The Kier molecular flexibility index (Phi) is 19.7. The number of esters is 2. The van der Waals surface area contributed by atoms with E-state index >= 15 is 0 Å². The predicted molar refractivity (Wildman–Crippen MR) is 217 cm³/mol. The van der Waals surface area contributed by atoms with Crippen LogP contribution in [0.4, 0.5) is 4.79 Å². The van der Waals surface area contributed by atoms with Crippen molar-refractivity contribution in [2.75, 3.05) is 13.1 Å². The van der Waals surface area contributed by atoms with E-state index in [0.29, 0.717) is 31.5 Å². The van der Waals surface area contributed by atoms with Crippen molar-refractivity contribution in [1.29, 1.82) is 0 Å². The van der Waals surface area contributed by atoms with Crippen LogP contribution in [0.1, 0.15) is 97.6 Å². The Bertz CT molecular complexity index is 1650. The summed E-state index contributed by atoms with van der Waals surface area (Å²) < 4.78 is 11.0. The largest absolute Gasteiger partial charge is 0.461 e. The molecule has 1 fully saturated rings. The maximum atomic E-state index is 14.2. The number of rotatable bonds is 22. The van der Waals surface area contributed by atoms with E-state index in [9.17, 15) is 33.6 Å². The molecular weight excluding hydrogens is 745 g/mol. The third-order valence-electron chi connectivity index (χ3n) is 9.81. The molecule has 15 nitrogen and oxygen atoms in total. The summed E-state index contributed by atoms with van der Waals surface area (Å²) in [6.45, 7) is 11.9. The zero-order chi connectivity index (χ0) is 42.6. The normalized spacial score (nSPS) is 14.5. The Hall–Kier alpha value is -5.47. The van der Waals surface area contributed by atoms with Crippen molar-refractivity contribution in [3.63, 3.8) is 0 Å². The second-order valence-corrected chi connectivity index (χ2v) is 15.4. The lowest BCUT2D eigenvalue weighted by Crippen LogP contribution is -2.60. The molecule has 0 unspecified atom stereocenters. The van der Waals surface area contributed by atoms with Crippen LogP contribution in [0.15, 0.2) is 60.7 Å². The monoisotopic (exact) mass is 806 g/mol. The van der Waals surface area contributed by atoms with E-state index in [1.807, 2.05) is 39.8 Å². The molecule has 15 heteroatoms. The van der Waals surface area contributed by atoms with Crippen LogP contribution in [0, 0.1) is 11.8 Å². The van der Waals surface area contributed by atoms with E-state index in [2.05, 4.69) is 26.6 Å². The molecule has 6 amide bonds. The van der Waals surface area contributed by atoms with E-state index in [1.54, 1.807) is 67.3 Å². The quantitative estimate of drug-likeness (QED) is 0.110. The number of hydrogen-bond donors (Lipinski definition) is 5. The van der Waals surface area contributed by atoms with E-state index < -0.39 is 78.6 Å². The third kappa shape index (κ3) is 16.2. The Morgan fingerprint density at radius 2 is 1.12 bits per heavy atom. The van der Waals surface area contributed by atoms with Gasteiger partial charge in [0.2, 0.25) is 23.6 Å². The van der Waals surface area contributed by atoms with E-state index in [-0.39, 0.29) is 37.5 Å². The van der Waals surface area contributed by atoms with Crippen LogP contribution in [0.5, 0.6) is 0 Å². The number of carbonyl (C=O) groups is 7. The minimum atomic E-state index is -1.58. The van der Waals surface area contributed by atoms with Crippen LogP contribution in [0.2, 0.25) is 0 Å². The fraction of sp³-hybridized carbons (Fsp3) is 0.558. The van der Waals surface area contributed by atoms with Crippen LogP contribution < -0.4 is 26.6 Å². The van der Waals surface area contributed by atoms with Gasteiger partial charge in [-0.05, 0) is 55.1 Å². The fourth-order valence-electron chi connectivity index (χ4n) is 6.37. The summed E-state index contributed by atoms with van der Waals surface area (Å²) in [7, 11) is 0. The molecule has 5 N–H and O–H groups in total. The summed E-state index contributed by atoms with van der Waals surface area (Å²) in [5, 5.41) is 13.4. The molecule has 0 bridgehead atoms. The minimum absolute atomic E-state index is 0.0335. The average Bonchev–Trinajstić information content (AvgIpc) is 3.75. The molecule has 1 aliphatic heterocycles. The van der Waals surface area contributed by atoms with Crippen LogP contribution in [-0.2, 0) is 51.5 Å². The first-order valence-electron chi connectivity index (χ1n) is 20.4. The van der Waals surface area contributed by atoms with Crippen molar-refractivity contribution in [2.24, 2.45) is 11.8 Å². The molecule has 1 saturated heterocycles. The molecule has 3 rings (SSSR count). The number of amides is 6. The van der Waals surface area contributed by atoms with Gasteiger partial charge in [0.15, 0.2) is 0 Å². The van der Waals surface area contributed by atoms with Crippen molar-refractivity contribution in [3.05, 3.63) is 71.8 Å². The number of carbonyl (C=O) groups excluding carboxylic acids is 7. The zero-order valence-electron chi connectivity index (χ0n) is 34.7. The molecule has 1 heterocycles. The highest BCUT2D eigenvalue weighted by Gasteiger charge is 2.36. The lowest BCUT2D eigenvalue weighted by Gasteiger charge is -2.28. The summed E-state index contributed by atoms with van der Waals surface area (Å²) in [6.07, 6.45) is 2.06. The SMILES string of the molecule is CCC(CC)NC(=O)N[C@H](C(=O)N[C@@H](CC(=O)N1CCCC1)C(=O)N[C@@H](CC(=O)OCc1ccccc1)C(=O)N[C@@H](CC(C)C)C(=O)OCc1ccccc1)C(C)C. The molecule has 0 aliphatic carbocycles. The first-order chi connectivity index (χ1) is 27.7. The van der Waals surface area contributed by atoms with Crippen LogP contribution in [0.3, 0.4) is 0 Å². The Morgan fingerprint density at radius 3 is 1.64 bits per heavy atom. The highest BCUT2D eigenvalue weighted by atomic mass is 16.5. The number of nitrogens with zero attached hydrogens (tertiary/aromatic N) is 1. The first kappa shape index (κ1) is 46.9. The van der Waals surface area contributed by atoms with Crippen molar-refractivity contribution >= 4 is 41.6 Å². The van der Waals surface area contributed by atoms with Gasteiger partial charge in [0.05, 0.1) is 12.8 Å². The maximum absolute atomic E-state index is 14.2. The van der Waals surface area contributed by atoms with Crippen molar-refractivity contribution in [3.8, 4) is 0 Å². The summed E-state index contributed by atoms with van der Waals surface area (Å²) in [4.78, 5) is 96.5. The van der Waals surface area contributed by atoms with Crippen molar-refractivity contribution in [1.82, 2.24) is 31.5 Å². The lowest BCUT2D eigenvalue weighted by atomic mass is 10.0. The smallest absolute Gasteiger partial charge is 0.328 e. The molecule has 0 aromatic heterocycles. The number of hydrogen-bond acceptors (Lipinski definition) is 9. The lowest BCUT2D eigenvalue weighted by molar-refractivity contribution is -0.150. The summed E-state index contributed by atoms with van der Waals surface area (Å²) in [5.74, 6) is -4.90. The van der Waals surface area contributed by atoms with Gasteiger partial charge < -0.3 is 41.0 Å². The van der Waals surface area contributed by atoms with Gasteiger partial charge in [-0.15, -0.1) is 0 Å². The van der Waals surface area contributed by atoms with E-state index in [0.717, 1.165) is 18.4 Å². The average molecular weight is 807 g/mol. The molecule has 2 aromatic rings. The standard InChI is InChI=1S/C43H62N6O9/c1-7-32(8-2)44-43(56)48-38(29(5)6)41(54)46-33(24-36(50)49-21-15-16-22-49)39(52)45-34(25-37(51)57-26-30-17-11-9-12-18-30)40(53)47-35(23-28(3)4)42(55)58-27-31-19-13-10-14-20-31/h9-14,17-20,28-29,32-35,38H,7-8,15-16,21-27H2,1-6H3,(H,45,52)(H,46,54)(H,47,53)(H2,44,48,56)/t33-,34-,35-,38-/m0/s1. The molecular formula is C43H62N6O9. The van der Waals surface area contributed by atoms with Crippen molar-refractivity contribution < 1.29 is 43.0 Å². The second-order valence-electron chi connectivity index (χ2n) is 15.4. The molecule has 4 atom stereocenters. The van der Waals surface area contributed by atoms with Crippen LogP contribution >= 0.6 is 0 Å². The number of nitrogens with one attached hydrogen (secondary N) is 5. The van der Waals surface area contributed by atoms with Gasteiger partial charge in [-0.25, -0.2) is 9.59 Å². The molecule has 318 valence electrons. The van der Waals surface area contributed by atoms with Gasteiger partial charge in [-0.3, -0.25) is 24.0 Å². The predicted octanol–water partition coefficient (Wildman–Crippen LogP) is 3.89. The minimum Gasteiger partial charge on any atom is -0.461 e. The van der Waals surface area contributed by atoms with Gasteiger partial charge in [0, 0.05) is 19.1 Å². The second kappa shape index (κ2) is 24.3. The highest BCUT2D eigenvalue weighted by molar-refractivity contribution is 5.98. The van der Waals surface area contributed by atoms with Gasteiger partial charge in [0.1, 0.15) is 37.4 Å². The van der Waals surface area contributed by atoms with E-state index in [4.69, 9.17) is 9.47 Å². The Balaban J connectivity index is 1.88. The highest BCUT2D eigenvalue weighted by Crippen LogP contribution is 2.14. The summed E-state index contributed by atoms with van der Waals surface area (Å²) >= 11 is 0. The van der Waals surface area contributed by atoms with Gasteiger partial charge in [-0.1, -0.05) is 102 Å². The molecule has 0 spiro atoms. The topological polar surface area (TPSA) is 201 Å². The maximum Gasteiger partial charge on any atom is 0.328 e. The van der Waals surface area contributed by atoms with Crippen LogP contribution in [0.25, 0.3) is 0 Å².